The van der Waals surface area contributed by atoms with Crippen molar-refractivity contribution < 1.29 is 32.6 Å². The number of hydrogen-bond donors (Lipinski definition) is 2. The molecule has 0 saturated carbocycles. The molecule has 1 fully saturated rings. The van der Waals surface area contributed by atoms with E-state index in [1.807, 2.05) is 12.1 Å². The van der Waals surface area contributed by atoms with E-state index in [0.29, 0.717) is 47.0 Å². The summed E-state index contributed by atoms with van der Waals surface area (Å²) < 4.78 is 37.4. The van der Waals surface area contributed by atoms with Gasteiger partial charge in [0.15, 0.2) is 17.2 Å². The standard InChI is InChI=1S/C26H25Cl3N2O7S2/c1-37-20(32)13-38-23-22(29)24(39-25(23)26(33)34)15-4-2-6-18(12-15)30-17-8-10-31(11-9-17)40(35,36)14-16-5-3-7-19(27)21(16)28/h2-7,12,17,30H,8-11,13-14H2,1H3,(H,33,34). The zero-order valence-electron chi connectivity index (χ0n) is 21.2. The van der Waals surface area contributed by atoms with E-state index < -0.39 is 28.6 Å². The Morgan fingerprint density at radius 1 is 1.10 bits per heavy atom. The average Bonchev–Trinajstić information content (AvgIpc) is 3.26. The minimum Gasteiger partial charge on any atom is -0.479 e. The predicted octanol–water partition coefficient (Wildman–Crippen LogP) is 6.03. The average molecular weight is 648 g/mol. The van der Waals surface area contributed by atoms with Gasteiger partial charge in [0.2, 0.25) is 10.0 Å². The van der Waals surface area contributed by atoms with Gasteiger partial charge in [0.05, 0.1) is 27.8 Å². The lowest BCUT2D eigenvalue weighted by molar-refractivity contribution is -0.142. The van der Waals surface area contributed by atoms with Crippen molar-refractivity contribution in [1.29, 1.82) is 0 Å². The summed E-state index contributed by atoms with van der Waals surface area (Å²) in [6.45, 7) is 0.212. The molecular formula is C26H25Cl3N2O7S2. The molecule has 0 atom stereocenters. The lowest BCUT2D eigenvalue weighted by atomic mass is 10.1. The number of carbonyl (C=O) groups excluding carboxylic acids is 1. The van der Waals surface area contributed by atoms with Gasteiger partial charge >= 0.3 is 11.9 Å². The van der Waals surface area contributed by atoms with E-state index in [9.17, 15) is 23.1 Å². The van der Waals surface area contributed by atoms with Crippen LogP contribution in [0.1, 0.15) is 28.1 Å². The first-order valence-electron chi connectivity index (χ1n) is 12.0. The Morgan fingerprint density at radius 2 is 1.80 bits per heavy atom. The SMILES string of the molecule is COC(=O)COc1c(C(=O)O)sc(-c2cccc(NC3CCN(S(=O)(=O)Cc4cccc(Cl)c4Cl)CC3)c2)c1Cl. The van der Waals surface area contributed by atoms with Gasteiger partial charge in [-0.1, -0.05) is 59.1 Å². The molecule has 4 rings (SSSR count). The number of carboxylic acid groups (broad SMARTS) is 1. The quantitative estimate of drug-likeness (QED) is 0.256. The third-order valence-corrected chi connectivity index (χ3v) is 10.6. The molecule has 40 heavy (non-hydrogen) atoms. The number of thiophene rings is 1. The molecule has 2 heterocycles. The molecule has 3 aromatic rings. The molecule has 1 aliphatic heterocycles. The van der Waals surface area contributed by atoms with Gasteiger partial charge in [-0.15, -0.1) is 11.3 Å². The molecule has 9 nitrogen and oxygen atoms in total. The highest BCUT2D eigenvalue weighted by Crippen LogP contribution is 2.46. The maximum absolute atomic E-state index is 13.0. The maximum Gasteiger partial charge on any atom is 0.349 e. The highest BCUT2D eigenvalue weighted by Gasteiger charge is 2.29. The van der Waals surface area contributed by atoms with Crippen molar-refractivity contribution in [1.82, 2.24) is 4.31 Å². The second-order valence-corrected chi connectivity index (χ2v) is 13.1. The van der Waals surface area contributed by atoms with Gasteiger partial charge in [-0.25, -0.2) is 22.3 Å². The number of piperidine rings is 1. The first-order chi connectivity index (χ1) is 19.0. The maximum atomic E-state index is 13.0. The number of halogens is 3. The molecule has 0 bridgehead atoms. The molecule has 0 aliphatic carbocycles. The molecule has 14 heteroatoms. The fourth-order valence-electron chi connectivity index (χ4n) is 4.25. The Hall–Kier alpha value is -2.54. The van der Waals surface area contributed by atoms with Crippen molar-refractivity contribution in [2.75, 3.05) is 32.1 Å². The predicted molar refractivity (Wildman–Crippen MR) is 157 cm³/mol. The van der Waals surface area contributed by atoms with Crippen LogP contribution in [0.4, 0.5) is 5.69 Å². The smallest absolute Gasteiger partial charge is 0.349 e. The zero-order valence-corrected chi connectivity index (χ0v) is 25.1. The summed E-state index contributed by atoms with van der Waals surface area (Å²) in [7, 11) is -2.38. The molecule has 0 amide bonds. The molecule has 1 aromatic heterocycles. The number of esters is 1. The number of hydrogen-bond acceptors (Lipinski definition) is 8. The minimum atomic E-state index is -3.58. The fraction of sp³-hybridized carbons (Fsp3) is 0.308. The zero-order chi connectivity index (χ0) is 29.0. The lowest BCUT2D eigenvalue weighted by Gasteiger charge is -2.32. The summed E-state index contributed by atoms with van der Waals surface area (Å²) in [6.07, 6.45) is 1.17. The van der Waals surface area contributed by atoms with Crippen molar-refractivity contribution in [3.05, 3.63) is 68.0 Å². The van der Waals surface area contributed by atoms with E-state index in [1.165, 1.54) is 11.4 Å². The van der Waals surface area contributed by atoms with Crippen LogP contribution in [0, 0.1) is 0 Å². The van der Waals surface area contributed by atoms with E-state index in [-0.39, 0.29) is 32.5 Å². The fourth-order valence-corrected chi connectivity index (χ4v) is 7.70. The lowest BCUT2D eigenvalue weighted by Crippen LogP contribution is -2.42. The summed E-state index contributed by atoms with van der Waals surface area (Å²) in [5.74, 6) is -2.21. The first-order valence-corrected chi connectivity index (χ1v) is 15.6. The van der Waals surface area contributed by atoms with Crippen molar-refractivity contribution in [3.63, 3.8) is 0 Å². The van der Waals surface area contributed by atoms with Crippen molar-refractivity contribution in [3.8, 4) is 16.2 Å². The Kier molecular flexibility index (Phi) is 9.86. The Bertz CT molecular complexity index is 1520. The van der Waals surface area contributed by atoms with Crippen LogP contribution in [-0.2, 0) is 25.3 Å². The molecule has 1 aliphatic rings. The normalized spacial score (nSPS) is 14.6. The number of nitrogens with zero attached hydrogens (tertiary/aromatic N) is 1. The third-order valence-electron chi connectivity index (χ3n) is 6.28. The number of carbonyl (C=O) groups is 2. The number of anilines is 1. The highest BCUT2D eigenvalue weighted by molar-refractivity contribution is 7.88. The molecule has 2 N–H and O–H groups in total. The Labute approximate surface area is 250 Å². The third kappa shape index (κ3) is 7.02. The van der Waals surface area contributed by atoms with Crippen LogP contribution < -0.4 is 10.1 Å². The van der Waals surface area contributed by atoms with Crippen LogP contribution in [0.5, 0.6) is 5.75 Å². The summed E-state index contributed by atoms with van der Waals surface area (Å²) >= 11 is 19.6. The number of ether oxygens (including phenoxy) is 2. The van der Waals surface area contributed by atoms with Crippen LogP contribution in [0.3, 0.4) is 0 Å². The highest BCUT2D eigenvalue weighted by atomic mass is 35.5. The van der Waals surface area contributed by atoms with Gasteiger partial charge in [-0.3, -0.25) is 0 Å². The molecule has 1 saturated heterocycles. The summed E-state index contributed by atoms with van der Waals surface area (Å²) in [4.78, 5) is 23.6. The second-order valence-electron chi connectivity index (χ2n) is 8.94. The Morgan fingerprint density at radius 3 is 2.48 bits per heavy atom. The van der Waals surface area contributed by atoms with E-state index in [2.05, 4.69) is 10.1 Å². The number of benzene rings is 2. The molecular weight excluding hydrogens is 623 g/mol. The second kappa shape index (κ2) is 13.0. The molecule has 2 aromatic carbocycles. The van der Waals surface area contributed by atoms with Gasteiger partial charge in [-0.05, 0) is 42.2 Å². The number of rotatable bonds is 10. The van der Waals surface area contributed by atoms with Crippen molar-refractivity contribution in [2.24, 2.45) is 0 Å². The van der Waals surface area contributed by atoms with Gasteiger partial charge in [-0.2, -0.15) is 0 Å². The van der Waals surface area contributed by atoms with Gasteiger partial charge in [0.1, 0.15) is 5.02 Å². The first kappa shape index (κ1) is 30.4. The number of aromatic carboxylic acids is 1. The van der Waals surface area contributed by atoms with Crippen molar-refractivity contribution >= 4 is 73.8 Å². The van der Waals surface area contributed by atoms with Crippen LogP contribution >= 0.6 is 46.1 Å². The van der Waals surface area contributed by atoms with Gasteiger partial charge in [0, 0.05) is 24.8 Å². The van der Waals surface area contributed by atoms with Crippen LogP contribution in [-0.4, -0.2) is 62.6 Å². The van der Waals surface area contributed by atoms with E-state index >= 15 is 0 Å². The molecule has 0 spiro atoms. The number of carboxylic acids is 1. The number of methoxy groups -OCH3 is 1. The summed E-state index contributed by atoms with van der Waals surface area (Å²) in [6, 6.07) is 12.2. The van der Waals surface area contributed by atoms with Gasteiger partial charge < -0.3 is 19.9 Å². The molecule has 214 valence electrons. The molecule has 0 radical (unpaired) electrons. The Balaban J connectivity index is 1.43. The minimum absolute atomic E-state index is 0.0174. The number of sulfonamides is 1. The van der Waals surface area contributed by atoms with Crippen LogP contribution in [0.2, 0.25) is 15.1 Å². The monoisotopic (exact) mass is 646 g/mol. The number of nitrogens with one attached hydrogen (secondary N) is 1. The summed E-state index contributed by atoms with van der Waals surface area (Å²) in [5.41, 5.74) is 1.89. The topological polar surface area (TPSA) is 122 Å². The van der Waals surface area contributed by atoms with Crippen LogP contribution in [0.15, 0.2) is 42.5 Å². The van der Waals surface area contributed by atoms with Crippen LogP contribution in [0.25, 0.3) is 10.4 Å². The van der Waals surface area contributed by atoms with E-state index in [0.717, 1.165) is 17.0 Å². The largest absolute Gasteiger partial charge is 0.479 e. The van der Waals surface area contributed by atoms with Crippen molar-refractivity contribution in [2.45, 2.75) is 24.6 Å². The van der Waals surface area contributed by atoms with E-state index in [4.69, 9.17) is 39.5 Å². The summed E-state index contributed by atoms with van der Waals surface area (Å²) in [5, 5.41) is 13.7. The van der Waals surface area contributed by atoms with E-state index in [1.54, 1.807) is 30.3 Å². The van der Waals surface area contributed by atoms with Gasteiger partial charge in [0.25, 0.3) is 0 Å². The molecule has 0 unspecified atom stereocenters.